The second kappa shape index (κ2) is 12.4. The molecule has 1 unspecified atom stereocenters. The van der Waals surface area contributed by atoms with E-state index in [9.17, 15) is 14.7 Å². The Bertz CT molecular complexity index is 1920. The van der Waals surface area contributed by atoms with Crippen molar-refractivity contribution in [3.8, 4) is 5.75 Å². The molecule has 1 N–H and O–H groups in total. The maximum atomic E-state index is 13.7. The topological polar surface area (TPSA) is 110 Å². The Morgan fingerprint density at radius 2 is 1.89 bits per heavy atom. The first-order chi connectivity index (χ1) is 21.3. The SMILES string of the molecule is CCCOc1cccc(C2/C(=C(\O)c3nc4c(C)cccn4c3C)C(=O)C(=O)N2c2nnc(SCc3ccc(Cl)cc3)s2)c1. The number of thioether (sulfide) groups is 1. The van der Waals surface area contributed by atoms with E-state index in [1.54, 1.807) is 18.2 Å². The number of halogens is 1. The molecule has 9 nitrogen and oxygen atoms in total. The molecule has 44 heavy (non-hydrogen) atoms. The first-order valence-corrected chi connectivity index (χ1v) is 16.1. The molecule has 6 rings (SSSR count). The molecule has 1 aliphatic rings. The van der Waals surface area contributed by atoms with Crippen LogP contribution in [0.15, 0.2) is 76.8 Å². The molecule has 1 fully saturated rings. The molecule has 0 spiro atoms. The van der Waals surface area contributed by atoms with Gasteiger partial charge in [0.15, 0.2) is 10.1 Å². The molecule has 1 atom stereocenters. The Morgan fingerprint density at radius 1 is 1.09 bits per heavy atom. The number of hydrogen-bond donors (Lipinski definition) is 1. The summed E-state index contributed by atoms with van der Waals surface area (Å²) in [4.78, 5) is 33.5. The Morgan fingerprint density at radius 3 is 2.64 bits per heavy atom. The summed E-state index contributed by atoms with van der Waals surface area (Å²) in [5, 5.41) is 21.3. The van der Waals surface area contributed by atoms with Crippen molar-refractivity contribution in [3.63, 3.8) is 0 Å². The summed E-state index contributed by atoms with van der Waals surface area (Å²) in [6.07, 6.45) is 2.66. The van der Waals surface area contributed by atoms with Crippen molar-refractivity contribution in [2.45, 2.75) is 43.3 Å². The van der Waals surface area contributed by atoms with Crippen molar-refractivity contribution >= 4 is 62.9 Å². The summed E-state index contributed by atoms with van der Waals surface area (Å²) in [5.74, 6) is -0.771. The quantitative estimate of drug-likeness (QED) is 0.0591. The number of aromatic nitrogens is 4. The van der Waals surface area contributed by atoms with Gasteiger partial charge >= 0.3 is 5.91 Å². The van der Waals surface area contributed by atoms with E-state index in [1.165, 1.54) is 28.0 Å². The Hall–Kier alpha value is -4.19. The molecule has 0 bridgehead atoms. The zero-order chi connectivity index (χ0) is 31.0. The predicted molar refractivity (Wildman–Crippen MR) is 173 cm³/mol. The van der Waals surface area contributed by atoms with Gasteiger partial charge in [0.05, 0.1) is 23.9 Å². The number of nitrogens with zero attached hydrogens (tertiary/aromatic N) is 5. The van der Waals surface area contributed by atoms with Gasteiger partial charge in [-0.25, -0.2) is 4.98 Å². The minimum atomic E-state index is -0.979. The van der Waals surface area contributed by atoms with Crippen LogP contribution in [0.4, 0.5) is 5.13 Å². The lowest BCUT2D eigenvalue weighted by atomic mass is 9.96. The van der Waals surface area contributed by atoms with Crippen molar-refractivity contribution in [2.24, 2.45) is 0 Å². The van der Waals surface area contributed by atoms with E-state index >= 15 is 0 Å². The van der Waals surface area contributed by atoms with E-state index in [1.807, 2.05) is 73.8 Å². The monoisotopic (exact) mass is 645 g/mol. The van der Waals surface area contributed by atoms with Crippen LogP contribution in [0.5, 0.6) is 5.75 Å². The molecule has 2 aromatic carbocycles. The molecule has 0 radical (unpaired) electrons. The van der Waals surface area contributed by atoms with Gasteiger partial charge in [0, 0.05) is 17.0 Å². The van der Waals surface area contributed by atoms with Crippen LogP contribution >= 0.6 is 34.7 Å². The smallest absolute Gasteiger partial charge is 0.301 e. The fraction of sp³-hybridized carbons (Fsp3) is 0.219. The van der Waals surface area contributed by atoms with Crippen LogP contribution in [0.3, 0.4) is 0 Å². The largest absolute Gasteiger partial charge is 0.505 e. The molecule has 1 saturated heterocycles. The van der Waals surface area contributed by atoms with Gasteiger partial charge in [0.25, 0.3) is 5.78 Å². The van der Waals surface area contributed by atoms with Crippen molar-refractivity contribution < 1.29 is 19.4 Å². The number of hydrogen-bond acceptors (Lipinski definition) is 9. The summed E-state index contributed by atoms with van der Waals surface area (Å²) in [5.41, 5.74) is 4.00. The van der Waals surface area contributed by atoms with Crippen LogP contribution in [-0.4, -0.2) is 43.0 Å². The lowest BCUT2D eigenvalue weighted by molar-refractivity contribution is -0.132. The number of carbonyl (C=O) groups excluding carboxylic acids is 2. The van der Waals surface area contributed by atoms with Crippen LogP contribution in [0.25, 0.3) is 11.4 Å². The van der Waals surface area contributed by atoms with E-state index in [0.29, 0.717) is 44.4 Å². The number of amides is 1. The molecule has 1 amide bonds. The summed E-state index contributed by atoms with van der Waals surface area (Å²) >= 11 is 8.68. The van der Waals surface area contributed by atoms with Gasteiger partial charge in [-0.1, -0.05) is 72.0 Å². The van der Waals surface area contributed by atoms with E-state index in [2.05, 4.69) is 15.2 Å². The number of ketones is 1. The predicted octanol–water partition coefficient (Wildman–Crippen LogP) is 7.16. The lowest BCUT2D eigenvalue weighted by Gasteiger charge is -2.23. The molecular weight excluding hydrogens is 618 g/mol. The van der Waals surface area contributed by atoms with Gasteiger partial charge in [-0.3, -0.25) is 14.5 Å². The molecule has 12 heteroatoms. The van der Waals surface area contributed by atoms with Gasteiger partial charge in [0.1, 0.15) is 17.1 Å². The fourth-order valence-corrected chi connectivity index (χ4v) is 7.05. The lowest BCUT2D eigenvalue weighted by Crippen LogP contribution is -2.29. The van der Waals surface area contributed by atoms with Gasteiger partial charge in [0.2, 0.25) is 5.13 Å². The summed E-state index contributed by atoms with van der Waals surface area (Å²) in [7, 11) is 0. The van der Waals surface area contributed by atoms with Crippen molar-refractivity contribution in [2.75, 3.05) is 11.5 Å². The Balaban J connectivity index is 1.44. The van der Waals surface area contributed by atoms with Crippen molar-refractivity contribution in [1.82, 2.24) is 19.6 Å². The zero-order valence-corrected chi connectivity index (χ0v) is 26.5. The third kappa shape index (κ3) is 5.58. The van der Waals surface area contributed by atoms with Gasteiger partial charge in [-0.15, -0.1) is 10.2 Å². The fourth-order valence-electron chi connectivity index (χ4n) is 5.10. The van der Waals surface area contributed by atoms with Crippen LogP contribution in [-0.2, 0) is 15.3 Å². The van der Waals surface area contributed by atoms with Gasteiger partial charge in [-0.05, 0) is 67.3 Å². The van der Waals surface area contributed by atoms with Crippen LogP contribution < -0.4 is 9.64 Å². The minimum Gasteiger partial charge on any atom is -0.505 e. The number of ether oxygens (including phenoxy) is 1. The number of pyridine rings is 1. The highest BCUT2D eigenvalue weighted by atomic mass is 35.5. The maximum Gasteiger partial charge on any atom is 0.301 e. The molecule has 0 aliphatic carbocycles. The molecule has 1 aliphatic heterocycles. The van der Waals surface area contributed by atoms with Crippen LogP contribution in [0.2, 0.25) is 5.02 Å². The number of fused-ring (bicyclic) bond motifs is 1. The van der Waals surface area contributed by atoms with Crippen LogP contribution in [0.1, 0.15) is 47.5 Å². The van der Waals surface area contributed by atoms with Crippen molar-refractivity contribution in [1.29, 1.82) is 0 Å². The van der Waals surface area contributed by atoms with Gasteiger partial charge in [-0.2, -0.15) is 0 Å². The second-order valence-corrected chi connectivity index (χ2v) is 12.9. The normalized spacial score (nSPS) is 16.3. The molecule has 5 aromatic rings. The van der Waals surface area contributed by atoms with Gasteiger partial charge < -0.3 is 14.2 Å². The number of aliphatic hydroxyl groups excluding tert-OH is 1. The number of anilines is 1. The number of aryl methyl sites for hydroxylation is 2. The summed E-state index contributed by atoms with van der Waals surface area (Å²) < 4.78 is 8.35. The number of rotatable bonds is 9. The minimum absolute atomic E-state index is 0.0719. The highest BCUT2D eigenvalue weighted by molar-refractivity contribution is 8.00. The molecule has 0 saturated carbocycles. The molecule has 224 valence electrons. The first kappa shape index (κ1) is 29.9. The highest BCUT2D eigenvalue weighted by Gasteiger charge is 2.49. The average molecular weight is 646 g/mol. The third-order valence-electron chi connectivity index (χ3n) is 7.28. The number of carbonyl (C=O) groups is 2. The number of benzene rings is 2. The van der Waals surface area contributed by atoms with E-state index in [4.69, 9.17) is 16.3 Å². The second-order valence-electron chi connectivity index (χ2n) is 10.3. The van der Waals surface area contributed by atoms with E-state index in [-0.39, 0.29) is 22.2 Å². The average Bonchev–Trinajstić information content (AvgIpc) is 3.71. The number of imidazole rings is 1. The molecule has 4 heterocycles. The standard InChI is InChI=1S/C32H28ClN5O4S2/c1-4-15-42-23-9-5-8-21(16-23)26-24(27(39)25-19(3)37-14-6-7-18(2)29(37)34-25)28(40)30(41)38(26)31-35-36-32(44-31)43-17-20-10-12-22(33)13-11-20/h5-14,16,26,39H,4,15,17H2,1-3H3/b27-24+. The van der Waals surface area contributed by atoms with Crippen molar-refractivity contribution in [3.05, 3.63) is 106 Å². The Kier molecular flexibility index (Phi) is 8.44. The first-order valence-electron chi connectivity index (χ1n) is 14.0. The number of Topliss-reactive ketones (excluding diaryl/α,β-unsaturated/α-hetero) is 1. The molecular formula is C32H28ClN5O4S2. The van der Waals surface area contributed by atoms with E-state index < -0.39 is 17.7 Å². The highest BCUT2D eigenvalue weighted by Crippen LogP contribution is 2.45. The number of aliphatic hydroxyl groups is 1. The summed E-state index contributed by atoms with van der Waals surface area (Å²) in [6, 6.07) is 17.6. The molecule has 3 aromatic heterocycles. The zero-order valence-electron chi connectivity index (χ0n) is 24.2. The third-order valence-corrected chi connectivity index (χ3v) is 9.66. The van der Waals surface area contributed by atoms with E-state index in [0.717, 1.165) is 17.5 Å². The summed E-state index contributed by atoms with van der Waals surface area (Å²) in [6.45, 7) is 6.25. The Labute approximate surface area is 267 Å². The van der Waals surface area contributed by atoms with Crippen LogP contribution in [0, 0.1) is 13.8 Å². The maximum absolute atomic E-state index is 13.7.